The lowest BCUT2D eigenvalue weighted by Crippen LogP contribution is -2.40. The van der Waals surface area contributed by atoms with Crippen molar-refractivity contribution in [3.8, 4) is 0 Å². The predicted molar refractivity (Wildman–Crippen MR) is 34.0 cm³/mol. The SMILES string of the molecule is C[C@H]1OP(F)OC[C@]1(C)F. The lowest BCUT2D eigenvalue weighted by molar-refractivity contribution is -0.0440. The van der Waals surface area contributed by atoms with E-state index in [1.165, 1.54) is 13.8 Å². The van der Waals surface area contributed by atoms with Crippen molar-refractivity contribution in [2.45, 2.75) is 25.6 Å². The second kappa shape index (κ2) is 2.68. The Labute approximate surface area is 59.5 Å². The van der Waals surface area contributed by atoms with E-state index < -0.39 is 20.5 Å². The summed E-state index contributed by atoms with van der Waals surface area (Å²) in [4.78, 5) is 0. The third-order valence-electron chi connectivity index (χ3n) is 1.54. The predicted octanol–water partition coefficient (Wildman–Crippen LogP) is 2.35. The monoisotopic (exact) mass is 170 g/mol. The van der Waals surface area contributed by atoms with E-state index in [4.69, 9.17) is 0 Å². The third-order valence-corrected chi connectivity index (χ3v) is 2.35. The van der Waals surface area contributed by atoms with Crippen LogP contribution in [0.3, 0.4) is 0 Å². The van der Waals surface area contributed by atoms with Crippen molar-refractivity contribution < 1.29 is 17.6 Å². The summed E-state index contributed by atoms with van der Waals surface area (Å²) in [6.45, 7) is 2.62. The number of rotatable bonds is 0. The first-order valence-electron chi connectivity index (χ1n) is 2.97. The Morgan fingerprint density at radius 2 is 2.30 bits per heavy atom. The van der Waals surface area contributed by atoms with Crippen molar-refractivity contribution in [2.24, 2.45) is 0 Å². The molecular formula is C5H9F2O2P. The normalized spacial score (nSPS) is 49.2. The van der Waals surface area contributed by atoms with Gasteiger partial charge in [0.05, 0.1) is 6.61 Å². The van der Waals surface area contributed by atoms with Gasteiger partial charge in [-0.05, 0) is 13.8 Å². The zero-order chi connectivity index (χ0) is 7.78. The van der Waals surface area contributed by atoms with Gasteiger partial charge in [-0.15, -0.1) is 0 Å². The van der Waals surface area contributed by atoms with Crippen LogP contribution in [-0.4, -0.2) is 18.4 Å². The summed E-state index contributed by atoms with van der Waals surface area (Å²) in [5.41, 5.74) is -1.55. The molecule has 0 bridgehead atoms. The molecule has 0 spiro atoms. The minimum atomic E-state index is -2.33. The fraction of sp³-hybridized carbons (Fsp3) is 1.00. The second-order valence-corrected chi connectivity index (χ2v) is 3.41. The molecule has 0 radical (unpaired) electrons. The summed E-state index contributed by atoms with van der Waals surface area (Å²) in [5.74, 6) is 0. The average molecular weight is 170 g/mol. The Morgan fingerprint density at radius 3 is 2.70 bits per heavy atom. The van der Waals surface area contributed by atoms with Gasteiger partial charge >= 0.3 is 8.69 Å². The molecule has 1 aliphatic rings. The fourth-order valence-electron chi connectivity index (χ4n) is 0.559. The summed E-state index contributed by atoms with van der Waals surface area (Å²) in [5, 5.41) is 0. The number of alkyl halides is 1. The Morgan fingerprint density at radius 1 is 1.70 bits per heavy atom. The maximum Gasteiger partial charge on any atom is 0.375 e. The van der Waals surface area contributed by atoms with E-state index in [-0.39, 0.29) is 6.61 Å². The second-order valence-electron chi connectivity index (χ2n) is 2.51. The topological polar surface area (TPSA) is 18.5 Å². The third kappa shape index (κ3) is 1.62. The molecule has 10 heavy (non-hydrogen) atoms. The first-order valence-corrected chi connectivity index (χ1v) is 4.04. The Balaban J connectivity index is 2.52. The van der Waals surface area contributed by atoms with Crippen molar-refractivity contribution in [3.63, 3.8) is 0 Å². The van der Waals surface area contributed by atoms with Crippen LogP contribution in [0.15, 0.2) is 0 Å². The molecule has 0 aromatic rings. The van der Waals surface area contributed by atoms with Gasteiger partial charge in [-0.2, -0.15) is 4.20 Å². The molecule has 0 aliphatic carbocycles. The van der Waals surface area contributed by atoms with E-state index in [1.807, 2.05) is 0 Å². The highest BCUT2D eigenvalue weighted by Gasteiger charge is 2.40. The van der Waals surface area contributed by atoms with Crippen LogP contribution in [0.1, 0.15) is 13.8 Å². The van der Waals surface area contributed by atoms with E-state index in [2.05, 4.69) is 9.05 Å². The molecule has 0 amide bonds. The van der Waals surface area contributed by atoms with Crippen LogP contribution >= 0.6 is 8.69 Å². The highest BCUT2D eigenvalue weighted by molar-refractivity contribution is 7.41. The molecule has 1 saturated heterocycles. The Kier molecular flexibility index (Phi) is 2.23. The summed E-state index contributed by atoms with van der Waals surface area (Å²) in [6, 6.07) is 0. The lowest BCUT2D eigenvalue weighted by atomic mass is 10.1. The maximum atomic E-state index is 13.0. The molecule has 1 unspecified atom stereocenters. The fourth-order valence-corrected chi connectivity index (χ4v) is 1.44. The Bertz CT molecular complexity index is 131. The largest absolute Gasteiger partial charge is 0.375 e. The van der Waals surface area contributed by atoms with Gasteiger partial charge in [0, 0.05) is 0 Å². The number of hydrogen-bond acceptors (Lipinski definition) is 2. The molecule has 60 valence electrons. The van der Waals surface area contributed by atoms with Gasteiger partial charge in [0.2, 0.25) is 0 Å². The van der Waals surface area contributed by atoms with E-state index >= 15 is 0 Å². The van der Waals surface area contributed by atoms with E-state index in [0.717, 1.165) is 0 Å². The Hall–Kier alpha value is 0.210. The van der Waals surface area contributed by atoms with Gasteiger partial charge in [-0.3, -0.25) is 0 Å². The molecule has 1 aliphatic heterocycles. The van der Waals surface area contributed by atoms with Crippen molar-refractivity contribution in [1.29, 1.82) is 0 Å². The van der Waals surface area contributed by atoms with Gasteiger partial charge < -0.3 is 9.05 Å². The van der Waals surface area contributed by atoms with Crippen molar-refractivity contribution >= 4 is 8.69 Å². The standard InChI is InChI=1S/C5H9F2O2P/c1-4-5(2,6)3-8-10(7)9-4/h4H,3H2,1-2H3/t4-,5+,10?/m1/s1. The molecule has 5 heteroatoms. The van der Waals surface area contributed by atoms with Crippen LogP contribution in [0.2, 0.25) is 0 Å². The van der Waals surface area contributed by atoms with Crippen LogP contribution in [0.4, 0.5) is 8.59 Å². The van der Waals surface area contributed by atoms with E-state index in [0.29, 0.717) is 0 Å². The summed E-state index contributed by atoms with van der Waals surface area (Å²) < 4.78 is 34.1. The minimum Gasteiger partial charge on any atom is -0.306 e. The van der Waals surface area contributed by atoms with Crippen LogP contribution < -0.4 is 0 Å². The summed E-state index contributed by atoms with van der Waals surface area (Å²) >= 11 is 0. The van der Waals surface area contributed by atoms with Gasteiger partial charge in [-0.1, -0.05) is 0 Å². The van der Waals surface area contributed by atoms with Crippen LogP contribution in [0.25, 0.3) is 0 Å². The molecule has 1 rings (SSSR count). The van der Waals surface area contributed by atoms with E-state index in [1.54, 1.807) is 0 Å². The molecule has 0 aromatic heterocycles. The first kappa shape index (κ1) is 8.31. The van der Waals surface area contributed by atoms with Gasteiger partial charge in [-0.25, -0.2) is 4.39 Å². The highest BCUT2D eigenvalue weighted by atomic mass is 31.2. The highest BCUT2D eigenvalue weighted by Crippen LogP contribution is 2.48. The molecule has 0 aromatic carbocycles. The molecule has 3 atom stereocenters. The van der Waals surface area contributed by atoms with Crippen LogP contribution in [0.5, 0.6) is 0 Å². The van der Waals surface area contributed by atoms with Gasteiger partial charge in [0.1, 0.15) is 6.10 Å². The van der Waals surface area contributed by atoms with Crippen LogP contribution in [-0.2, 0) is 9.05 Å². The molecule has 1 fully saturated rings. The summed E-state index contributed by atoms with van der Waals surface area (Å²) in [7, 11) is -2.33. The molecule has 1 heterocycles. The zero-order valence-electron chi connectivity index (χ0n) is 5.80. The molecule has 0 N–H and O–H groups in total. The molecular weight excluding hydrogens is 161 g/mol. The quantitative estimate of drug-likeness (QED) is 0.519. The lowest BCUT2D eigenvalue weighted by Gasteiger charge is -2.32. The zero-order valence-corrected chi connectivity index (χ0v) is 6.70. The summed E-state index contributed by atoms with van der Waals surface area (Å²) in [6.07, 6.45) is -0.711. The first-order chi connectivity index (χ1) is 4.52. The van der Waals surface area contributed by atoms with Crippen molar-refractivity contribution in [3.05, 3.63) is 0 Å². The molecule has 2 nitrogen and oxygen atoms in total. The minimum absolute atomic E-state index is 0.212. The van der Waals surface area contributed by atoms with Crippen molar-refractivity contribution in [1.82, 2.24) is 0 Å². The number of hydrogen-bond donors (Lipinski definition) is 0. The maximum absolute atomic E-state index is 13.0. The average Bonchev–Trinajstić information content (AvgIpc) is 1.81. The number of halogens is 2. The van der Waals surface area contributed by atoms with Gasteiger partial charge in [0.25, 0.3) is 0 Å². The van der Waals surface area contributed by atoms with Crippen LogP contribution in [0, 0.1) is 0 Å². The van der Waals surface area contributed by atoms with Crippen molar-refractivity contribution in [2.75, 3.05) is 6.61 Å². The van der Waals surface area contributed by atoms with Gasteiger partial charge in [0.15, 0.2) is 5.67 Å². The smallest absolute Gasteiger partial charge is 0.306 e. The van der Waals surface area contributed by atoms with E-state index in [9.17, 15) is 8.59 Å². The molecule has 0 saturated carbocycles.